The molecular weight excluding hydrogens is 416 g/mol. The van der Waals surface area contributed by atoms with Gasteiger partial charge in [0.2, 0.25) is 11.8 Å². The molecule has 1 N–H and O–H groups in total. The number of rotatable bonds is 7. The van der Waals surface area contributed by atoms with Crippen molar-refractivity contribution in [1.82, 2.24) is 5.32 Å². The Morgan fingerprint density at radius 2 is 1.48 bits per heavy atom. The van der Waals surface area contributed by atoms with Gasteiger partial charge in [0.05, 0.1) is 20.8 Å². The Kier molecular flexibility index (Phi) is 6.36. The maximum atomic E-state index is 13.7. The summed E-state index contributed by atoms with van der Waals surface area (Å²) in [4.78, 5) is 28.7. The van der Waals surface area contributed by atoms with E-state index in [1.807, 2.05) is 72.8 Å². The third-order valence-corrected chi connectivity index (χ3v) is 6.16. The van der Waals surface area contributed by atoms with Crippen LogP contribution in [0.4, 0.5) is 5.69 Å². The number of nitrogens with one attached hydrogen (secondary N) is 1. The molecule has 0 spiro atoms. The Morgan fingerprint density at radius 3 is 2.09 bits per heavy atom. The number of hydrogen-bond acceptors (Lipinski definition) is 4. The van der Waals surface area contributed by atoms with E-state index >= 15 is 0 Å². The molecule has 0 aliphatic carbocycles. The van der Waals surface area contributed by atoms with Gasteiger partial charge in [0.15, 0.2) is 0 Å². The van der Waals surface area contributed by atoms with Crippen LogP contribution in [-0.4, -0.2) is 26.0 Å². The summed E-state index contributed by atoms with van der Waals surface area (Å²) in [6.45, 7) is 2.45. The van der Waals surface area contributed by atoms with Crippen molar-refractivity contribution in [3.05, 3.63) is 89.5 Å². The molecule has 6 heteroatoms. The zero-order chi connectivity index (χ0) is 23.4. The highest BCUT2D eigenvalue weighted by atomic mass is 16.5. The minimum Gasteiger partial charge on any atom is -0.497 e. The van der Waals surface area contributed by atoms with Crippen LogP contribution in [0.25, 0.3) is 0 Å². The highest BCUT2D eigenvalue weighted by Gasteiger charge is 2.48. The average Bonchev–Trinajstić information content (AvgIpc) is 2.86. The summed E-state index contributed by atoms with van der Waals surface area (Å²) in [6, 6.07) is 22.9. The minimum atomic E-state index is -1.20. The molecule has 3 aromatic rings. The van der Waals surface area contributed by atoms with Crippen LogP contribution in [0.3, 0.4) is 0 Å². The highest BCUT2D eigenvalue weighted by molar-refractivity contribution is 6.13. The third-order valence-electron chi connectivity index (χ3n) is 6.16. The lowest BCUT2D eigenvalue weighted by molar-refractivity contribution is -0.141. The number of amides is 2. The lowest BCUT2D eigenvalue weighted by Crippen LogP contribution is -2.55. The predicted molar refractivity (Wildman–Crippen MR) is 127 cm³/mol. The van der Waals surface area contributed by atoms with Crippen LogP contribution < -0.4 is 19.7 Å². The molecule has 0 fully saturated rings. The second kappa shape index (κ2) is 9.36. The Balaban J connectivity index is 1.56. The first-order chi connectivity index (χ1) is 15.9. The molecule has 0 radical (unpaired) electrons. The van der Waals surface area contributed by atoms with E-state index < -0.39 is 5.41 Å². The molecule has 0 saturated heterocycles. The topological polar surface area (TPSA) is 67.9 Å². The van der Waals surface area contributed by atoms with Gasteiger partial charge in [-0.15, -0.1) is 0 Å². The van der Waals surface area contributed by atoms with E-state index in [1.54, 1.807) is 26.0 Å². The zero-order valence-electron chi connectivity index (χ0n) is 19.1. The monoisotopic (exact) mass is 444 g/mol. The maximum absolute atomic E-state index is 13.7. The lowest BCUT2D eigenvalue weighted by Gasteiger charge is -2.39. The van der Waals surface area contributed by atoms with Crippen molar-refractivity contribution in [2.24, 2.45) is 5.41 Å². The van der Waals surface area contributed by atoms with Gasteiger partial charge < -0.3 is 19.7 Å². The standard InChI is InChI=1S/C27H28N2O4/c1-27(25(30)28-17-19-8-12-22(32-2)13-9-19)16-21-6-4-5-7-24(21)29(26(27)31)18-20-10-14-23(33-3)15-11-20/h4-15H,16-18H2,1-3H3,(H,28,30). The zero-order valence-corrected chi connectivity index (χ0v) is 19.1. The van der Waals surface area contributed by atoms with Crippen molar-refractivity contribution < 1.29 is 19.1 Å². The Morgan fingerprint density at radius 1 is 0.909 bits per heavy atom. The van der Waals surface area contributed by atoms with E-state index in [4.69, 9.17) is 9.47 Å². The number of ether oxygens (including phenoxy) is 2. The summed E-state index contributed by atoms with van der Waals surface area (Å²) >= 11 is 0. The van der Waals surface area contributed by atoms with Crippen LogP contribution in [0, 0.1) is 5.41 Å². The summed E-state index contributed by atoms with van der Waals surface area (Å²) in [5.74, 6) is 1.03. The summed E-state index contributed by atoms with van der Waals surface area (Å²) in [5.41, 5.74) is 2.52. The van der Waals surface area contributed by atoms with Crippen LogP contribution in [0.1, 0.15) is 23.6 Å². The van der Waals surface area contributed by atoms with Gasteiger partial charge in [0.1, 0.15) is 16.9 Å². The number of para-hydroxylation sites is 1. The first kappa shape index (κ1) is 22.4. The molecule has 1 aliphatic heterocycles. The number of nitrogens with zero attached hydrogens (tertiary/aromatic N) is 1. The summed E-state index contributed by atoms with van der Waals surface area (Å²) in [5, 5.41) is 2.96. The Bertz CT molecular complexity index is 1140. The number of carbonyl (C=O) groups is 2. The summed E-state index contributed by atoms with van der Waals surface area (Å²) in [6.07, 6.45) is 0.357. The molecule has 1 aliphatic rings. The van der Waals surface area contributed by atoms with Crippen molar-refractivity contribution >= 4 is 17.5 Å². The fraction of sp³-hybridized carbons (Fsp3) is 0.259. The molecular formula is C27H28N2O4. The molecule has 6 nitrogen and oxygen atoms in total. The number of fused-ring (bicyclic) bond motifs is 1. The van der Waals surface area contributed by atoms with Crippen LogP contribution >= 0.6 is 0 Å². The van der Waals surface area contributed by atoms with Crippen molar-refractivity contribution in [3.8, 4) is 11.5 Å². The van der Waals surface area contributed by atoms with Gasteiger partial charge in [0, 0.05) is 12.2 Å². The maximum Gasteiger partial charge on any atom is 0.243 e. The Hall–Kier alpha value is -3.80. The smallest absolute Gasteiger partial charge is 0.243 e. The molecule has 33 heavy (non-hydrogen) atoms. The van der Waals surface area contributed by atoms with Gasteiger partial charge in [-0.05, 0) is 60.4 Å². The lowest BCUT2D eigenvalue weighted by atomic mass is 9.77. The summed E-state index contributed by atoms with van der Waals surface area (Å²) in [7, 11) is 3.23. The van der Waals surface area contributed by atoms with E-state index in [0.29, 0.717) is 19.5 Å². The number of anilines is 1. The van der Waals surface area contributed by atoms with Crippen molar-refractivity contribution in [2.75, 3.05) is 19.1 Å². The molecule has 170 valence electrons. The van der Waals surface area contributed by atoms with Gasteiger partial charge in [-0.2, -0.15) is 0 Å². The van der Waals surface area contributed by atoms with E-state index in [2.05, 4.69) is 5.32 Å². The molecule has 3 aromatic carbocycles. The van der Waals surface area contributed by atoms with E-state index in [-0.39, 0.29) is 11.8 Å². The first-order valence-corrected chi connectivity index (χ1v) is 10.9. The largest absolute Gasteiger partial charge is 0.497 e. The van der Waals surface area contributed by atoms with E-state index in [1.165, 1.54) is 0 Å². The predicted octanol–water partition coefficient (Wildman–Crippen LogP) is 4.12. The second-order valence-corrected chi connectivity index (χ2v) is 8.41. The van der Waals surface area contributed by atoms with Crippen LogP contribution in [0.5, 0.6) is 11.5 Å². The van der Waals surface area contributed by atoms with Crippen molar-refractivity contribution in [3.63, 3.8) is 0 Å². The van der Waals surface area contributed by atoms with Gasteiger partial charge in [-0.3, -0.25) is 9.59 Å². The molecule has 0 bridgehead atoms. The molecule has 2 amide bonds. The number of carbonyl (C=O) groups excluding carboxylic acids is 2. The van der Waals surface area contributed by atoms with Crippen molar-refractivity contribution in [2.45, 2.75) is 26.4 Å². The van der Waals surface area contributed by atoms with Crippen LogP contribution in [-0.2, 0) is 29.1 Å². The quantitative estimate of drug-likeness (QED) is 0.557. The highest BCUT2D eigenvalue weighted by Crippen LogP contribution is 2.38. The van der Waals surface area contributed by atoms with Gasteiger partial charge in [-0.25, -0.2) is 0 Å². The number of benzene rings is 3. The molecule has 4 rings (SSSR count). The van der Waals surface area contributed by atoms with E-state index in [9.17, 15) is 9.59 Å². The van der Waals surface area contributed by atoms with E-state index in [0.717, 1.165) is 33.9 Å². The molecule has 1 heterocycles. The Labute approximate surface area is 194 Å². The fourth-order valence-corrected chi connectivity index (χ4v) is 4.16. The van der Waals surface area contributed by atoms with Gasteiger partial charge in [0.25, 0.3) is 0 Å². The first-order valence-electron chi connectivity index (χ1n) is 10.9. The number of hydrogen-bond donors (Lipinski definition) is 1. The van der Waals surface area contributed by atoms with Crippen molar-refractivity contribution in [1.29, 1.82) is 0 Å². The van der Waals surface area contributed by atoms with Crippen LogP contribution in [0.15, 0.2) is 72.8 Å². The second-order valence-electron chi connectivity index (χ2n) is 8.41. The SMILES string of the molecule is COc1ccc(CNC(=O)C2(C)Cc3ccccc3N(Cc3ccc(OC)cc3)C2=O)cc1. The summed E-state index contributed by atoms with van der Waals surface area (Å²) < 4.78 is 10.4. The minimum absolute atomic E-state index is 0.204. The third kappa shape index (κ3) is 4.55. The van der Waals surface area contributed by atoms with Gasteiger partial charge >= 0.3 is 0 Å². The normalized spacial score (nSPS) is 17.3. The fourth-order valence-electron chi connectivity index (χ4n) is 4.16. The van der Waals surface area contributed by atoms with Crippen LogP contribution in [0.2, 0.25) is 0 Å². The molecule has 0 aromatic heterocycles. The average molecular weight is 445 g/mol. The molecule has 1 unspecified atom stereocenters. The molecule has 1 atom stereocenters. The number of methoxy groups -OCH3 is 2. The van der Waals surface area contributed by atoms with Gasteiger partial charge in [-0.1, -0.05) is 42.5 Å². The molecule has 0 saturated carbocycles.